The van der Waals surface area contributed by atoms with Gasteiger partial charge in [-0.2, -0.15) is 5.10 Å². The highest BCUT2D eigenvalue weighted by atomic mass is 79.9. The summed E-state index contributed by atoms with van der Waals surface area (Å²) in [4.78, 5) is 0. The molecule has 21 heavy (non-hydrogen) atoms. The van der Waals surface area contributed by atoms with Crippen molar-refractivity contribution in [3.8, 4) is 0 Å². The number of hydrogen-bond acceptors (Lipinski definition) is 2. The van der Waals surface area contributed by atoms with Crippen LogP contribution in [-0.2, 0) is 19.5 Å². The van der Waals surface area contributed by atoms with Crippen LogP contribution in [0.5, 0.6) is 0 Å². The molecule has 3 nitrogen and oxygen atoms in total. The number of rotatable bonds is 6. The maximum absolute atomic E-state index is 6.43. The van der Waals surface area contributed by atoms with E-state index < -0.39 is 0 Å². The van der Waals surface area contributed by atoms with Crippen LogP contribution in [0.2, 0.25) is 5.02 Å². The third kappa shape index (κ3) is 3.87. The molecular formula is C16H21BrClN3. The van der Waals surface area contributed by atoms with Crippen LogP contribution in [0, 0.1) is 0 Å². The normalized spacial score (nSPS) is 12.6. The van der Waals surface area contributed by atoms with Crippen molar-refractivity contribution in [3.05, 3.63) is 50.7 Å². The molecule has 0 aliphatic rings. The topological polar surface area (TPSA) is 29.9 Å². The molecule has 1 heterocycles. The molecule has 0 aliphatic carbocycles. The second kappa shape index (κ2) is 7.43. The predicted molar refractivity (Wildman–Crippen MR) is 91.7 cm³/mol. The van der Waals surface area contributed by atoms with E-state index in [1.807, 2.05) is 10.7 Å². The Morgan fingerprint density at radius 1 is 1.38 bits per heavy atom. The highest BCUT2D eigenvalue weighted by molar-refractivity contribution is 9.10. The largest absolute Gasteiger partial charge is 0.305 e. The van der Waals surface area contributed by atoms with Crippen LogP contribution in [0.4, 0.5) is 0 Å². The number of hydrogen-bond donors (Lipinski definition) is 1. The zero-order valence-electron chi connectivity index (χ0n) is 12.7. The molecule has 0 bridgehead atoms. The number of aryl methyl sites for hydroxylation is 2. The van der Waals surface area contributed by atoms with Gasteiger partial charge in [-0.05, 0) is 38.0 Å². The van der Waals surface area contributed by atoms with Crippen LogP contribution >= 0.6 is 27.5 Å². The van der Waals surface area contributed by atoms with Crippen LogP contribution in [0.1, 0.15) is 43.8 Å². The monoisotopic (exact) mass is 369 g/mol. The van der Waals surface area contributed by atoms with E-state index in [2.05, 4.69) is 65.3 Å². The number of aromatic nitrogens is 2. The Morgan fingerprint density at radius 2 is 2.14 bits per heavy atom. The summed E-state index contributed by atoms with van der Waals surface area (Å²) in [6, 6.07) is 8.60. The lowest BCUT2D eigenvalue weighted by atomic mass is 10.1. The molecule has 0 saturated carbocycles. The fourth-order valence-corrected chi connectivity index (χ4v) is 3.08. The standard InChI is InChI=1S/C16H21BrClN3/c1-4-14-16(18)15(21(5-2)20-14)10-19-11(3)12-7-6-8-13(17)9-12/h6-9,11,19H,4-5,10H2,1-3H3. The molecule has 1 aromatic heterocycles. The first-order valence-electron chi connectivity index (χ1n) is 7.29. The van der Waals surface area contributed by atoms with Crippen molar-refractivity contribution in [2.75, 3.05) is 0 Å². The summed E-state index contributed by atoms with van der Waals surface area (Å²) in [5.41, 5.74) is 3.29. The van der Waals surface area contributed by atoms with E-state index >= 15 is 0 Å². The van der Waals surface area contributed by atoms with Gasteiger partial charge in [-0.25, -0.2) is 0 Å². The fourth-order valence-electron chi connectivity index (χ4n) is 2.33. The van der Waals surface area contributed by atoms with Crippen LogP contribution in [0.15, 0.2) is 28.7 Å². The molecule has 1 unspecified atom stereocenters. The number of nitrogens with one attached hydrogen (secondary N) is 1. The van der Waals surface area contributed by atoms with Crippen molar-refractivity contribution in [1.82, 2.24) is 15.1 Å². The van der Waals surface area contributed by atoms with Crippen molar-refractivity contribution >= 4 is 27.5 Å². The summed E-state index contributed by atoms with van der Waals surface area (Å²) >= 11 is 9.94. The van der Waals surface area contributed by atoms with Crippen LogP contribution < -0.4 is 5.32 Å². The minimum Gasteiger partial charge on any atom is -0.305 e. The molecule has 2 rings (SSSR count). The average molecular weight is 371 g/mol. The van der Waals surface area contributed by atoms with Crippen molar-refractivity contribution in [2.45, 2.75) is 46.3 Å². The molecule has 1 aromatic carbocycles. The summed E-state index contributed by atoms with van der Waals surface area (Å²) < 4.78 is 3.08. The van der Waals surface area contributed by atoms with Gasteiger partial charge in [-0.1, -0.05) is 46.6 Å². The van der Waals surface area contributed by atoms with Gasteiger partial charge in [-0.3, -0.25) is 4.68 Å². The van der Waals surface area contributed by atoms with E-state index in [9.17, 15) is 0 Å². The van der Waals surface area contributed by atoms with Gasteiger partial charge >= 0.3 is 0 Å². The third-order valence-electron chi connectivity index (χ3n) is 3.62. The molecule has 114 valence electrons. The zero-order valence-corrected chi connectivity index (χ0v) is 15.0. The van der Waals surface area contributed by atoms with Gasteiger partial charge in [-0.15, -0.1) is 0 Å². The van der Waals surface area contributed by atoms with Gasteiger partial charge < -0.3 is 5.32 Å². The summed E-state index contributed by atoms with van der Waals surface area (Å²) in [6.07, 6.45) is 0.861. The summed E-state index contributed by atoms with van der Waals surface area (Å²) in [7, 11) is 0. The smallest absolute Gasteiger partial charge is 0.0863 e. The first-order chi connectivity index (χ1) is 10.1. The predicted octanol–water partition coefficient (Wildman–Crippen LogP) is 4.73. The summed E-state index contributed by atoms with van der Waals surface area (Å²) in [5, 5.41) is 8.88. The SMILES string of the molecule is CCc1nn(CC)c(CNC(C)c2cccc(Br)c2)c1Cl. The van der Waals surface area contributed by atoms with Crippen molar-refractivity contribution < 1.29 is 0 Å². The Labute approximate surface area is 139 Å². The Hall–Kier alpha value is -0.840. The van der Waals surface area contributed by atoms with Gasteiger partial charge in [0.05, 0.1) is 16.4 Å². The van der Waals surface area contributed by atoms with Gasteiger partial charge in [0, 0.05) is 23.6 Å². The first-order valence-corrected chi connectivity index (χ1v) is 8.46. The number of halogens is 2. The zero-order chi connectivity index (χ0) is 15.4. The maximum Gasteiger partial charge on any atom is 0.0863 e. The molecule has 2 aromatic rings. The van der Waals surface area contributed by atoms with E-state index in [-0.39, 0.29) is 6.04 Å². The molecule has 1 atom stereocenters. The minimum absolute atomic E-state index is 0.254. The maximum atomic E-state index is 6.43. The quantitative estimate of drug-likeness (QED) is 0.796. The molecule has 0 amide bonds. The second-order valence-corrected chi connectivity index (χ2v) is 6.33. The van der Waals surface area contributed by atoms with E-state index in [1.165, 1.54) is 5.56 Å². The van der Waals surface area contributed by atoms with Crippen molar-refractivity contribution in [3.63, 3.8) is 0 Å². The lowest BCUT2D eigenvalue weighted by Crippen LogP contribution is -2.20. The van der Waals surface area contributed by atoms with E-state index in [4.69, 9.17) is 11.6 Å². The third-order valence-corrected chi connectivity index (χ3v) is 4.55. The van der Waals surface area contributed by atoms with E-state index in [1.54, 1.807) is 0 Å². The first kappa shape index (κ1) is 16.5. The van der Waals surface area contributed by atoms with Crippen molar-refractivity contribution in [1.29, 1.82) is 0 Å². The van der Waals surface area contributed by atoms with Gasteiger partial charge in [0.15, 0.2) is 0 Å². The Balaban J connectivity index is 2.11. The lowest BCUT2D eigenvalue weighted by molar-refractivity contribution is 0.530. The molecule has 1 N–H and O–H groups in total. The molecular weight excluding hydrogens is 350 g/mol. The lowest BCUT2D eigenvalue weighted by Gasteiger charge is -2.15. The summed E-state index contributed by atoms with van der Waals surface area (Å²) in [6.45, 7) is 7.87. The number of benzene rings is 1. The molecule has 0 saturated heterocycles. The molecule has 0 fully saturated rings. The Bertz CT molecular complexity index is 610. The molecule has 5 heteroatoms. The number of nitrogens with zero attached hydrogens (tertiary/aromatic N) is 2. The Kier molecular flexibility index (Phi) is 5.85. The minimum atomic E-state index is 0.254. The molecule has 0 spiro atoms. The van der Waals surface area contributed by atoms with Crippen LogP contribution in [-0.4, -0.2) is 9.78 Å². The average Bonchev–Trinajstić information content (AvgIpc) is 2.80. The van der Waals surface area contributed by atoms with E-state index in [0.29, 0.717) is 6.54 Å². The van der Waals surface area contributed by atoms with Crippen molar-refractivity contribution in [2.24, 2.45) is 0 Å². The van der Waals surface area contributed by atoms with Gasteiger partial charge in [0.1, 0.15) is 0 Å². The summed E-state index contributed by atoms with van der Waals surface area (Å²) in [5.74, 6) is 0. The highest BCUT2D eigenvalue weighted by Crippen LogP contribution is 2.23. The fraction of sp³-hybridized carbons (Fsp3) is 0.438. The van der Waals surface area contributed by atoms with Crippen LogP contribution in [0.3, 0.4) is 0 Å². The highest BCUT2D eigenvalue weighted by Gasteiger charge is 2.15. The van der Waals surface area contributed by atoms with Gasteiger partial charge in [0.2, 0.25) is 0 Å². The molecule has 0 aliphatic heterocycles. The Morgan fingerprint density at radius 3 is 2.76 bits per heavy atom. The van der Waals surface area contributed by atoms with Crippen LogP contribution in [0.25, 0.3) is 0 Å². The van der Waals surface area contributed by atoms with Gasteiger partial charge in [0.25, 0.3) is 0 Å². The van der Waals surface area contributed by atoms with E-state index in [0.717, 1.165) is 33.8 Å². The molecule has 0 radical (unpaired) electrons. The second-order valence-electron chi connectivity index (χ2n) is 5.03.